The molecule has 1 aromatic carbocycles. The van der Waals surface area contributed by atoms with E-state index in [4.69, 9.17) is 5.11 Å². The van der Waals surface area contributed by atoms with Gasteiger partial charge in [-0.25, -0.2) is 0 Å². The lowest BCUT2D eigenvalue weighted by Crippen LogP contribution is -2.26. The zero-order valence-corrected chi connectivity index (χ0v) is 10.4. The summed E-state index contributed by atoms with van der Waals surface area (Å²) >= 11 is 0. The van der Waals surface area contributed by atoms with Crippen LogP contribution in [0.5, 0.6) is 0 Å². The van der Waals surface area contributed by atoms with Crippen molar-refractivity contribution in [2.75, 3.05) is 25.0 Å². The van der Waals surface area contributed by atoms with E-state index in [1.807, 2.05) is 24.3 Å². The maximum atomic E-state index is 11.1. The van der Waals surface area contributed by atoms with Gasteiger partial charge in [0.1, 0.15) is 0 Å². The summed E-state index contributed by atoms with van der Waals surface area (Å²) in [5.74, 6) is -0.0670. The third-order valence-electron chi connectivity index (χ3n) is 2.59. The Labute approximate surface area is 102 Å². The van der Waals surface area contributed by atoms with Gasteiger partial charge in [0.05, 0.1) is 6.61 Å². The number of anilines is 1. The predicted octanol–water partition coefficient (Wildman–Crippen LogP) is 1.46. The van der Waals surface area contributed by atoms with Crippen LogP contribution in [0.2, 0.25) is 0 Å². The Morgan fingerprint density at radius 2 is 2.12 bits per heavy atom. The van der Waals surface area contributed by atoms with Gasteiger partial charge >= 0.3 is 0 Å². The van der Waals surface area contributed by atoms with Crippen LogP contribution in [0.25, 0.3) is 0 Å². The molecule has 0 atom stereocenters. The van der Waals surface area contributed by atoms with Crippen molar-refractivity contribution < 1.29 is 9.90 Å². The molecular formula is C13H20N2O2. The number of rotatable bonds is 6. The molecule has 0 aromatic heterocycles. The summed E-state index contributed by atoms with van der Waals surface area (Å²) < 4.78 is 0. The van der Waals surface area contributed by atoms with Gasteiger partial charge in [0.15, 0.2) is 0 Å². The Kier molecular flexibility index (Phi) is 5.66. The molecule has 1 amide bonds. The Hall–Kier alpha value is -1.39. The molecule has 0 radical (unpaired) electrons. The maximum Gasteiger partial charge on any atom is 0.221 e. The van der Waals surface area contributed by atoms with Gasteiger partial charge in [0.25, 0.3) is 0 Å². The number of para-hydroxylation sites is 1. The number of nitrogens with one attached hydrogen (secondary N) is 1. The molecule has 1 rings (SSSR count). The Morgan fingerprint density at radius 3 is 2.71 bits per heavy atom. The first kappa shape index (κ1) is 13.7. The van der Waals surface area contributed by atoms with Crippen molar-refractivity contribution in [1.29, 1.82) is 0 Å². The smallest absolute Gasteiger partial charge is 0.221 e. The molecule has 0 fully saturated rings. The molecule has 0 saturated heterocycles. The molecule has 0 heterocycles. The number of aliphatic hydroxyl groups is 1. The molecule has 0 bridgehead atoms. The number of carbonyl (C=O) groups excluding carboxylic acids is 1. The normalized spacial score (nSPS) is 10.6. The van der Waals surface area contributed by atoms with Crippen LogP contribution >= 0.6 is 0 Å². The highest BCUT2D eigenvalue weighted by Gasteiger charge is 2.07. The topological polar surface area (TPSA) is 52.6 Å². The molecule has 0 unspecified atom stereocenters. The predicted molar refractivity (Wildman–Crippen MR) is 68.8 cm³/mol. The van der Waals surface area contributed by atoms with Gasteiger partial charge in [0, 0.05) is 25.7 Å². The molecule has 4 nitrogen and oxygen atoms in total. The number of carbonyl (C=O) groups is 1. The van der Waals surface area contributed by atoms with Crippen LogP contribution in [-0.2, 0) is 11.3 Å². The second-order valence-electron chi connectivity index (χ2n) is 3.93. The van der Waals surface area contributed by atoms with Crippen LogP contribution in [0.15, 0.2) is 24.3 Å². The van der Waals surface area contributed by atoms with E-state index in [2.05, 4.69) is 17.1 Å². The zero-order chi connectivity index (χ0) is 12.7. The van der Waals surface area contributed by atoms with E-state index in [1.54, 1.807) is 0 Å². The highest BCUT2D eigenvalue weighted by Crippen LogP contribution is 2.16. The molecule has 2 N–H and O–H groups in total. The highest BCUT2D eigenvalue weighted by atomic mass is 16.3. The van der Waals surface area contributed by atoms with Gasteiger partial charge in [-0.2, -0.15) is 0 Å². The lowest BCUT2D eigenvalue weighted by molar-refractivity contribution is -0.114. The van der Waals surface area contributed by atoms with Gasteiger partial charge in [0.2, 0.25) is 5.91 Å². The molecule has 0 saturated carbocycles. The van der Waals surface area contributed by atoms with Crippen LogP contribution in [0.4, 0.5) is 5.69 Å². The van der Waals surface area contributed by atoms with Gasteiger partial charge < -0.3 is 10.4 Å². The molecule has 94 valence electrons. The van der Waals surface area contributed by atoms with E-state index < -0.39 is 0 Å². The minimum absolute atomic E-state index is 0.0670. The highest BCUT2D eigenvalue weighted by molar-refractivity contribution is 5.89. The number of hydrogen-bond donors (Lipinski definition) is 2. The zero-order valence-electron chi connectivity index (χ0n) is 10.4. The van der Waals surface area contributed by atoms with E-state index in [9.17, 15) is 4.79 Å². The summed E-state index contributed by atoms with van der Waals surface area (Å²) in [4.78, 5) is 13.2. The molecule has 0 aliphatic rings. The minimum Gasteiger partial charge on any atom is -0.395 e. The monoisotopic (exact) mass is 236 g/mol. The lowest BCUT2D eigenvalue weighted by atomic mass is 10.1. The van der Waals surface area contributed by atoms with Crippen LogP contribution in [0, 0.1) is 0 Å². The Balaban J connectivity index is 2.77. The van der Waals surface area contributed by atoms with E-state index in [-0.39, 0.29) is 12.5 Å². The van der Waals surface area contributed by atoms with Crippen LogP contribution in [0.3, 0.4) is 0 Å². The fourth-order valence-corrected chi connectivity index (χ4v) is 1.70. The third kappa shape index (κ3) is 4.54. The van der Waals surface area contributed by atoms with Gasteiger partial charge in [-0.1, -0.05) is 25.1 Å². The van der Waals surface area contributed by atoms with Crippen molar-refractivity contribution in [2.45, 2.75) is 20.4 Å². The van der Waals surface area contributed by atoms with E-state index in [0.717, 1.165) is 24.3 Å². The van der Waals surface area contributed by atoms with E-state index in [1.165, 1.54) is 6.92 Å². The quantitative estimate of drug-likeness (QED) is 0.786. The summed E-state index contributed by atoms with van der Waals surface area (Å²) in [7, 11) is 0. The van der Waals surface area contributed by atoms with Crippen molar-refractivity contribution in [2.24, 2.45) is 0 Å². The summed E-state index contributed by atoms with van der Waals surface area (Å²) in [5, 5.41) is 11.8. The van der Waals surface area contributed by atoms with Crippen molar-refractivity contribution in [3.8, 4) is 0 Å². The second-order valence-corrected chi connectivity index (χ2v) is 3.93. The fourth-order valence-electron chi connectivity index (χ4n) is 1.70. The first-order chi connectivity index (χ1) is 8.17. The van der Waals surface area contributed by atoms with Crippen molar-refractivity contribution in [3.05, 3.63) is 29.8 Å². The van der Waals surface area contributed by atoms with Crippen LogP contribution in [-0.4, -0.2) is 35.6 Å². The molecule has 1 aromatic rings. The molecule has 0 aliphatic carbocycles. The average Bonchev–Trinajstić information content (AvgIpc) is 2.30. The summed E-state index contributed by atoms with van der Waals surface area (Å²) in [6, 6.07) is 7.74. The Bertz CT molecular complexity index is 366. The number of nitrogens with zero attached hydrogens (tertiary/aromatic N) is 1. The van der Waals surface area contributed by atoms with Crippen LogP contribution in [0.1, 0.15) is 19.4 Å². The van der Waals surface area contributed by atoms with Crippen molar-refractivity contribution in [3.63, 3.8) is 0 Å². The number of likely N-dealkylation sites (N-methyl/N-ethyl adjacent to an activating group) is 1. The van der Waals surface area contributed by atoms with Gasteiger partial charge in [-0.15, -0.1) is 0 Å². The number of amides is 1. The van der Waals surface area contributed by atoms with Gasteiger partial charge in [-0.05, 0) is 18.2 Å². The maximum absolute atomic E-state index is 11.1. The van der Waals surface area contributed by atoms with Crippen molar-refractivity contribution >= 4 is 11.6 Å². The number of hydrogen-bond acceptors (Lipinski definition) is 3. The molecule has 0 aliphatic heterocycles. The minimum atomic E-state index is -0.0670. The van der Waals surface area contributed by atoms with Crippen molar-refractivity contribution in [1.82, 2.24) is 4.90 Å². The molecular weight excluding hydrogens is 216 g/mol. The molecule has 4 heteroatoms. The first-order valence-electron chi connectivity index (χ1n) is 5.86. The standard InChI is InChI=1S/C13H20N2O2/c1-3-15(8-9-16)10-12-6-4-5-7-13(12)14-11(2)17/h4-7,16H,3,8-10H2,1-2H3,(H,14,17). The Morgan fingerprint density at radius 1 is 1.41 bits per heavy atom. The fraction of sp³-hybridized carbons (Fsp3) is 0.462. The van der Waals surface area contributed by atoms with E-state index >= 15 is 0 Å². The van der Waals surface area contributed by atoms with Crippen LogP contribution < -0.4 is 5.32 Å². The summed E-state index contributed by atoms with van der Waals surface area (Å²) in [6.07, 6.45) is 0. The first-order valence-corrected chi connectivity index (χ1v) is 5.86. The number of benzene rings is 1. The average molecular weight is 236 g/mol. The van der Waals surface area contributed by atoms with Gasteiger partial charge in [-0.3, -0.25) is 9.69 Å². The van der Waals surface area contributed by atoms with E-state index in [0.29, 0.717) is 6.54 Å². The SMILES string of the molecule is CCN(CCO)Cc1ccccc1NC(C)=O. The summed E-state index contributed by atoms with van der Waals surface area (Å²) in [5.41, 5.74) is 1.91. The molecule has 0 spiro atoms. The number of aliphatic hydroxyl groups excluding tert-OH is 1. The second kappa shape index (κ2) is 7.04. The molecule has 17 heavy (non-hydrogen) atoms. The third-order valence-corrected chi connectivity index (χ3v) is 2.59. The summed E-state index contributed by atoms with van der Waals surface area (Å²) in [6.45, 7) is 5.95. The lowest BCUT2D eigenvalue weighted by Gasteiger charge is -2.20. The largest absolute Gasteiger partial charge is 0.395 e.